The molecule has 5 nitrogen and oxygen atoms in total. The fourth-order valence-corrected chi connectivity index (χ4v) is 4.50. The second-order valence-corrected chi connectivity index (χ2v) is 9.24. The minimum Gasteiger partial charge on any atom is -0.491 e. The summed E-state index contributed by atoms with van der Waals surface area (Å²) in [6, 6.07) is 13.8. The molecule has 2 heterocycles. The Bertz CT molecular complexity index is 926. The van der Waals surface area contributed by atoms with Crippen molar-refractivity contribution in [3.8, 4) is 16.9 Å². The van der Waals surface area contributed by atoms with E-state index in [4.69, 9.17) is 4.74 Å². The van der Waals surface area contributed by atoms with Crippen molar-refractivity contribution >= 4 is 15.5 Å². The zero-order valence-corrected chi connectivity index (χ0v) is 16.0. The monoisotopic (exact) mass is 372 g/mol. The van der Waals surface area contributed by atoms with Crippen LogP contribution in [0.15, 0.2) is 47.4 Å². The highest BCUT2D eigenvalue weighted by molar-refractivity contribution is 7.90. The largest absolute Gasteiger partial charge is 0.491 e. The van der Waals surface area contributed by atoms with Crippen LogP contribution in [0.1, 0.15) is 6.42 Å². The molecule has 0 amide bonds. The van der Waals surface area contributed by atoms with Crippen LogP contribution in [0.4, 0.5) is 5.69 Å². The van der Waals surface area contributed by atoms with Crippen molar-refractivity contribution in [1.29, 1.82) is 0 Å². The Morgan fingerprint density at radius 2 is 1.88 bits per heavy atom. The van der Waals surface area contributed by atoms with Gasteiger partial charge in [0.2, 0.25) is 0 Å². The first kappa shape index (κ1) is 17.4. The molecule has 1 saturated heterocycles. The summed E-state index contributed by atoms with van der Waals surface area (Å²) in [5, 5.41) is 0. The lowest BCUT2D eigenvalue weighted by Gasteiger charge is -2.40. The van der Waals surface area contributed by atoms with Gasteiger partial charge in [0.05, 0.1) is 17.2 Å². The molecule has 26 heavy (non-hydrogen) atoms. The van der Waals surface area contributed by atoms with Crippen LogP contribution in [-0.4, -0.2) is 58.9 Å². The Morgan fingerprint density at radius 1 is 1.08 bits per heavy atom. The highest BCUT2D eigenvalue weighted by atomic mass is 32.2. The van der Waals surface area contributed by atoms with Crippen molar-refractivity contribution < 1.29 is 13.2 Å². The number of anilines is 1. The first-order chi connectivity index (χ1) is 12.4. The van der Waals surface area contributed by atoms with Gasteiger partial charge in [0, 0.05) is 38.4 Å². The van der Waals surface area contributed by atoms with Crippen molar-refractivity contribution in [2.24, 2.45) is 0 Å². The molecule has 2 aromatic rings. The number of nitrogens with zero attached hydrogens (tertiary/aromatic N) is 2. The van der Waals surface area contributed by atoms with E-state index in [1.807, 2.05) is 18.2 Å². The fraction of sp³-hybridized carbons (Fsp3) is 0.400. The van der Waals surface area contributed by atoms with Crippen LogP contribution in [0.2, 0.25) is 0 Å². The van der Waals surface area contributed by atoms with E-state index in [1.165, 1.54) is 6.26 Å². The summed E-state index contributed by atoms with van der Waals surface area (Å²) in [7, 11) is -1.06. The molecule has 2 aliphatic rings. The van der Waals surface area contributed by atoms with Crippen molar-refractivity contribution in [3.63, 3.8) is 0 Å². The van der Waals surface area contributed by atoms with Gasteiger partial charge in [0.25, 0.3) is 0 Å². The number of fused-ring (bicyclic) bond motifs is 3. The van der Waals surface area contributed by atoms with Gasteiger partial charge in [0.1, 0.15) is 5.75 Å². The highest BCUT2D eigenvalue weighted by Gasteiger charge is 2.30. The summed E-state index contributed by atoms with van der Waals surface area (Å²) < 4.78 is 29.7. The van der Waals surface area contributed by atoms with E-state index in [0.29, 0.717) is 10.9 Å². The topological polar surface area (TPSA) is 49.9 Å². The lowest BCUT2D eigenvalue weighted by molar-refractivity contribution is 0.242. The molecular formula is C20H24N2O3S. The molecule has 1 fully saturated rings. The number of ether oxygens (including phenoxy) is 1. The van der Waals surface area contributed by atoms with Crippen LogP contribution in [0, 0.1) is 0 Å². The van der Waals surface area contributed by atoms with Crippen LogP contribution < -0.4 is 9.64 Å². The molecule has 0 radical (unpaired) electrons. The maximum absolute atomic E-state index is 11.9. The van der Waals surface area contributed by atoms with E-state index < -0.39 is 9.84 Å². The van der Waals surface area contributed by atoms with Gasteiger partial charge >= 0.3 is 0 Å². The van der Waals surface area contributed by atoms with Crippen molar-refractivity contribution in [2.75, 3.05) is 44.4 Å². The second kappa shape index (κ2) is 6.59. The lowest BCUT2D eigenvalue weighted by Crippen LogP contribution is -2.51. The summed E-state index contributed by atoms with van der Waals surface area (Å²) in [5.41, 5.74) is 3.03. The third kappa shape index (κ3) is 3.31. The number of sulfone groups is 1. The van der Waals surface area contributed by atoms with Gasteiger partial charge in [-0.3, -0.25) is 0 Å². The quantitative estimate of drug-likeness (QED) is 0.811. The predicted molar refractivity (Wildman–Crippen MR) is 104 cm³/mol. The van der Waals surface area contributed by atoms with Crippen LogP contribution >= 0.6 is 0 Å². The average molecular weight is 372 g/mol. The van der Waals surface area contributed by atoms with Crippen molar-refractivity contribution in [1.82, 2.24) is 4.90 Å². The third-order valence-electron chi connectivity index (χ3n) is 5.26. The molecule has 0 unspecified atom stereocenters. The summed E-state index contributed by atoms with van der Waals surface area (Å²) in [6.45, 7) is 3.77. The molecule has 2 aromatic carbocycles. The Kier molecular flexibility index (Phi) is 4.40. The van der Waals surface area contributed by atoms with Gasteiger partial charge in [-0.15, -0.1) is 0 Å². The number of benzene rings is 2. The van der Waals surface area contributed by atoms with E-state index in [2.05, 4.69) is 22.9 Å². The SMILES string of the molecule is CN1CCN2c3cc(-c4cccc(S(C)(=O)=O)c4)ccc3OCC[C@H]2C1. The van der Waals surface area contributed by atoms with E-state index in [0.717, 1.165) is 55.2 Å². The minimum absolute atomic E-state index is 0.346. The number of rotatable bonds is 2. The molecule has 6 heteroatoms. The summed E-state index contributed by atoms with van der Waals surface area (Å²) in [5.74, 6) is 0.917. The number of likely N-dealkylation sites (N-methyl/N-ethyl adjacent to an activating group) is 1. The molecule has 0 spiro atoms. The van der Waals surface area contributed by atoms with Crippen LogP contribution in [0.5, 0.6) is 5.75 Å². The van der Waals surface area contributed by atoms with Crippen LogP contribution in [-0.2, 0) is 9.84 Å². The molecule has 4 rings (SSSR count). The van der Waals surface area contributed by atoms with Gasteiger partial charge in [-0.05, 0) is 42.4 Å². The number of hydrogen-bond donors (Lipinski definition) is 0. The number of hydrogen-bond acceptors (Lipinski definition) is 5. The van der Waals surface area contributed by atoms with Gasteiger partial charge in [0.15, 0.2) is 9.84 Å². The van der Waals surface area contributed by atoms with Crippen LogP contribution in [0.3, 0.4) is 0 Å². The molecule has 1 atom stereocenters. The van der Waals surface area contributed by atoms with Gasteiger partial charge in [-0.25, -0.2) is 8.42 Å². The first-order valence-corrected chi connectivity index (χ1v) is 10.8. The standard InChI is InChI=1S/C20H24N2O3S/c1-21-9-10-22-17(14-21)8-11-25-20-7-6-16(13-19(20)22)15-4-3-5-18(12-15)26(2,23)24/h3-7,12-13,17H,8-11,14H2,1-2H3/t17-/m0/s1. The van der Waals surface area contributed by atoms with Crippen LogP contribution in [0.25, 0.3) is 11.1 Å². The maximum atomic E-state index is 11.9. The minimum atomic E-state index is -3.22. The zero-order chi connectivity index (χ0) is 18.3. The summed E-state index contributed by atoms with van der Waals surface area (Å²) in [6.07, 6.45) is 2.25. The van der Waals surface area contributed by atoms with Gasteiger partial charge in [-0.2, -0.15) is 0 Å². The lowest BCUT2D eigenvalue weighted by atomic mass is 10.0. The molecular weight excluding hydrogens is 348 g/mol. The first-order valence-electron chi connectivity index (χ1n) is 8.94. The molecule has 2 aliphatic heterocycles. The molecule has 0 N–H and O–H groups in total. The third-order valence-corrected chi connectivity index (χ3v) is 6.37. The van der Waals surface area contributed by atoms with E-state index in [9.17, 15) is 8.42 Å². The van der Waals surface area contributed by atoms with Gasteiger partial charge in [-0.1, -0.05) is 18.2 Å². The zero-order valence-electron chi connectivity index (χ0n) is 15.2. The predicted octanol–water partition coefficient (Wildman–Crippen LogP) is 2.66. The molecule has 0 bridgehead atoms. The molecule has 138 valence electrons. The Labute approximate surface area is 155 Å². The van der Waals surface area contributed by atoms with Gasteiger partial charge < -0.3 is 14.5 Å². The summed E-state index contributed by atoms with van der Waals surface area (Å²) >= 11 is 0. The fourth-order valence-electron chi connectivity index (χ4n) is 3.83. The van der Waals surface area contributed by atoms with E-state index >= 15 is 0 Å². The van der Waals surface area contributed by atoms with Crippen molar-refractivity contribution in [2.45, 2.75) is 17.4 Å². The average Bonchev–Trinajstić information content (AvgIpc) is 2.79. The van der Waals surface area contributed by atoms with E-state index in [1.54, 1.807) is 18.2 Å². The smallest absolute Gasteiger partial charge is 0.175 e. The Hall–Kier alpha value is -2.05. The molecule has 0 saturated carbocycles. The molecule has 0 aromatic heterocycles. The summed E-state index contributed by atoms with van der Waals surface area (Å²) in [4.78, 5) is 5.16. The highest BCUT2D eigenvalue weighted by Crippen LogP contribution is 2.38. The van der Waals surface area contributed by atoms with E-state index in [-0.39, 0.29) is 0 Å². The number of piperazine rings is 1. The maximum Gasteiger partial charge on any atom is 0.175 e. The second-order valence-electron chi connectivity index (χ2n) is 7.23. The Morgan fingerprint density at radius 3 is 2.69 bits per heavy atom. The van der Waals surface area contributed by atoms with Crippen molar-refractivity contribution in [3.05, 3.63) is 42.5 Å². The molecule has 0 aliphatic carbocycles. The Balaban J connectivity index is 1.75. The normalized spacial score (nSPS) is 20.7.